The van der Waals surface area contributed by atoms with Gasteiger partial charge in [0, 0.05) is 49.4 Å². The van der Waals surface area contributed by atoms with Crippen LogP contribution < -0.4 is 21.5 Å². The first kappa shape index (κ1) is 20.8. The molecule has 3 aromatic rings. The molecular formula is C21H22N6O3S. The van der Waals surface area contributed by atoms with Crippen molar-refractivity contribution >= 4 is 34.5 Å². The maximum Gasteiger partial charge on any atom is 0.275 e. The molecule has 0 radical (unpaired) electrons. The zero-order valence-electron chi connectivity index (χ0n) is 16.7. The Morgan fingerprint density at radius 1 is 1.16 bits per heavy atom. The number of carbonyl (C=O) groups is 2. The fourth-order valence-electron chi connectivity index (χ4n) is 3.50. The molecule has 0 bridgehead atoms. The van der Waals surface area contributed by atoms with Crippen molar-refractivity contribution < 1.29 is 9.59 Å². The van der Waals surface area contributed by atoms with E-state index in [4.69, 9.17) is 5.73 Å². The van der Waals surface area contributed by atoms with Crippen molar-refractivity contribution in [2.45, 2.75) is 0 Å². The van der Waals surface area contributed by atoms with Crippen molar-refractivity contribution in [3.63, 3.8) is 0 Å². The number of para-hydroxylation sites is 2. The summed E-state index contributed by atoms with van der Waals surface area (Å²) < 4.78 is 0. The number of benzene rings is 1. The van der Waals surface area contributed by atoms with Crippen LogP contribution in [0.25, 0.3) is 10.6 Å². The van der Waals surface area contributed by atoms with E-state index in [1.807, 2.05) is 29.2 Å². The van der Waals surface area contributed by atoms with Gasteiger partial charge in [0.15, 0.2) is 0 Å². The van der Waals surface area contributed by atoms with Crippen LogP contribution in [-0.4, -0.2) is 59.4 Å². The lowest BCUT2D eigenvalue weighted by Crippen LogP contribution is -2.49. The van der Waals surface area contributed by atoms with Gasteiger partial charge in [0.25, 0.3) is 5.91 Å². The third kappa shape index (κ3) is 4.98. The van der Waals surface area contributed by atoms with E-state index in [2.05, 4.69) is 20.2 Å². The van der Waals surface area contributed by atoms with E-state index in [0.717, 1.165) is 31.9 Å². The first-order valence-electron chi connectivity index (χ1n) is 9.80. The molecule has 2 amide bonds. The van der Waals surface area contributed by atoms with Crippen LogP contribution in [0.3, 0.4) is 0 Å². The zero-order valence-corrected chi connectivity index (χ0v) is 17.5. The number of carbonyl (C=O) groups excluding carboxylic acids is 2. The molecule has 4 rings (SSSR count). The zero-order chi connectivity index (χ0) is 21.8. The van der Waals surface area contributed by atoms with Gasteiger partial charge in [0.1, 0.15) is 10.7 Å². The lowest BCUT2D eigenvalue weighted by molar-refractivity contribution is -0.119. The van der Waals surface area contributed by atoms with Crippen LogP contribution in [0.4, 0.5) is 11.4 Å². The highest BCUT2D eigenvalue weighted by Gasteiger charge is 2.21. The molecule has 0 unspecified atom stereocenters. The highest BCUT2D eigenvalue weighted by atomic mass is 32.1. The minimum Gasteiger partial charge on any atom is -0.369 e. The number of hydrogen-bond acceptors (Lipinski definition) is 7. The third-order valence-corrected chi connectivity index (χ3v) is 5.89. The fourth-order valence-corrected chi connectivity index (χ4v) is 4.29. The maximum absolute atomic E-state index is 12.8. The molecule has 0 aliphatic carbocycles. The van der Waals surface area contributed by atoms with Gasteiger partial charge in [-0.1, -0.05) is 12.1 Å². The molecule has 10 heteroatoms. The second kappa shape index (κ2) is 9.11. The summed E-state index contributed by atoms with van der Waals surface area (Å²) in [6.07, 6.45) is 1.55. The molecule has 0 atom stereocenters. The molecule has 1 aromatic carbocycles. The van der Waals surface area contributed by atoms with Crippen LogP contribution >= 0.6 is 11.3 Å². The molecule has 3 heterocycles. The molecule has 1 aliphatic heterocycles. The summed E-state index contributed by atoms with van der Waals surface area (Å²) in [5.41, 5.74) is 7.64. The third-order valence-electron chi connectivity index (χ3n) is 5.00. The maximum atomic E-state index is 12.8. The number of nitrogens with zero attached hydrogens (tertiary/aromatic N) is 3. The predicted octanol–water partition coefficient (Wildman–Crippen LogP) is 1.36. The highest BCUT2D eigenvalue weighted by Crippen LogP contribution is 2.28. The number of rotatable bonds is 6. The molecule has 0 saturated carbocycles. The summed E-state index contributed by atoms with van der Waals surface area (Å²) in [6.45, 7) is 3.15. The van der Waals surface area contributed by atoms with E-state index in [1.165, 1.54) is 17.4 Å². The monoisotopic (exact) mass is 438 g/mol. The number of thiazole rings is 1. The van der Waals surface area contributed by atoms with Gasteiger partial charge >= 0.3 is 0 Å². The number of hydrogen-bond donors (Lipinski definition) is 3. The normalized spacial score (nSPS) is 14.4. The molecule has 160 valence electrons. The highest BCUT2D eigenvalue weighted by molar-refractivity contribution is 7.13. The van der Waals surface area contributed by atoms with Crippen molar-refractivity contribution in [1.82, 2.24) is 14.9 Å². The average Bonchev–Trinajstić information content (AvgIpc) is 3.25. The van der Waals surface area contributed by atoms with E-state index < -0.39 is 0 Å². The molecule has 31 heavy (non-hydrogen) atoms. The lowest BCUT2D eigenvalue weighted by Gasteiger charge is -2.36. The van der Waals surface area contributed by atoms with Crippen LogP contribution in [0.2, 0.25) is 0 Å². The minimum atomic E-state index is -0.330. The molecule has 2 aromatic heterocycles. The number of piperazine rings is 1. The van der Waals surface area contributed by atoms with Gasteiger partial charge in [-0.15, -0.1) is 11.3 Å². The molecule has 9 nitrogen and oxygen atoms in total. The van der Waals surface area contributed by atoms with Crippen LogP contribution in [0.5, 0.6) is 0 Å². The van der Waals surface area contributed by atoms with Gasteiger partial charge in [-0.05, 0) is 18.2 Å². The standard InChI is InChI=1S/C21H22N6O3S/c22-18(28)12-26-7-9-27(10-8-26)17-4-2-1-3-15(17)24-20(30)16-13-31-21(25-16)14-5-6-23-19(29)11-14/h1-6,11,13H,7-10,12H2,(H2,22,28)(H,23,29)(H,24,30). The molecule has 1 aliphatic rings. The van der Waals surface area contributed by atoms with E-state index in [1.54, 1.807) is 17.6 Å². The lowest BCUT2D eigenvalue weighted by atomic mass is 10.2. The number of pyridine rings is 1. The number of aromatic amines is 1. The second-order valence-corrected chi connectivity index (χ2v) is 8.04. The Kier molecular flexibility index (Phi) is 6.10. The van der Waals surface area contributed by atoms with E-state index in [0.29, 0.717) is 22.0 Å². The van der Waals surface area contributed by atoms with Crippen molar-refractivity contribution in [1.29, 1.82) is 0 Å². The number of primary amides is 1. The number of aromatic nitrogens is 2. The molecular weight excluding hydrogens is 416 g/mol. The van der Waals surface area contributed by atoms with Crippen molar-refractivity contribution in [2.24, 2.45) is 5.73 Å². The van der Waals surface area contributed by atoms with E-state index in [-0.39, 0.29) is 23.9 Å². The number of nitrogens with two attached hydrogens (primary N) is 1. The number of anilines is 2. The van der Waals surface area contributed by atoms with Gasteiger partial charge in [-0.25, -0.2) is 4.98 Å². The summed E-state index contributed by atoms with van der Waals surface area (Å²) >= 11 is 1.31. The van der Waals surface area contributed by atoms with Gasteiger partial charge < -0.3 is 20.9 Å². The fraction of sp³-hybridized carbons (Fsp3) is 0.238. The first-order chi connectivity index (χ1) is 15.0. The Labute approximate surface area is 182 Å². The summed E-state index contributed by atoms with van der Waals surface area (Å²) in [7, 11) is 0. The van der Waals surface area contributed by atoms with E-state index >= 15 is 0 Å². The quantitative estimate of drug-likeness (QED) is 0.534. The van der Waals surface area contributed by atoms with Crippen LogP contribution in [-0.2, 0) is 4.79 Å². The van der Waals surface area contributed by atoms with Crippen molar-refractivity contribution in [2.75, 3.05) is 42.9 Å². The van der Waals surface area contributed by atoms with Crippen molar-refractivity contribution in [3.05, 3.63) is 64.0 Å². The van der Waals surface area contributed by atoms with Crippen LogP contribution in [0, 0.1) is 0 Å². The summed E-state index contributed by atoms with van der Waals surface area (Å²) in [6, 6.07) is 10.8. The number of H-pyrrole nitrogens is 1. The predicted molar refractivity (Wildman–Crippen MR) is 120 cm³/mol. The largest absolute Gasteiger partial charge is 0.369 e. The molecule has 0 spiro atoms. The summed E-state index contributed by atoms with van der Waals surface area (Å²) in [5, 5.41) is 5.24. The van der Waals surface area contributed by atoms with Gasteiger partial charge in [0.2, 0.25) is 11.5 Å². The second-order valence-electron chi connectivity index (χ2n) is 7.18. The Morgan fingerprint density at radius 3 is 2.68 bits per heavy atom. The van der Waals surface area contributed by atoms with Crippen molar-refractivity contribution in [3.8, 4) is 10.6 Å². The average molecular weight is 439 g/mol. The Hall–Kier alpha value is -3.50. The molecule has 1 fully saturated rings. The summed E-state index contributed by atoms with van der Waals surface area (Å²) in [5.74, 6) is -0.643. The smallest absolute Gasteiger partial charge is 0.275 e. The SMILES string of the molecule is NC(=O)CN1CCN(c2ccccc2NC(=O)c2csc(-c3cc[nH]c(=O)c3)n2)CC1. The Balaban J connectivity index is 1.46. The van der Waals surface area contributed by atoms with Crippen LogP contribution in [0.15, 0.2) is 52.8 Å². The topological polar surface area (TPSA) is 124 Å². The number of amides is 2. The van der Waals surface area contributed by atoms with E-state index in [9.17, 15) is 14.4 Å². The Morgan fingerprint density at radius 2 is 1.94 bits per heavy atom. The molecule has 1 saturated heterocycles. The van der Waals surface area contributed by atoms with Gasteiger partial charge in [0.05, 0.1) is 17.9 Å². The van der Waals surface area contributed by atoms with Gasteiger partial charge in [-0.2, -0.15) is 0 Å². The van der Waals surface area contributed by atoms with Gasteiger partial charge in [-0.3, -0.25) is 19.3 Å². The Bertz CT molecular complexity index is 1150. The molecule has 4 N–H and O–H groups in total. The minimum absolute atomic E-state index is 0.219. The first-order valence-corrected chi connectivity index (χ1v) is 10.7. The summed E-state index contributed by atoms with van der Waals surface area (Å²) in [4.78, 5) is 46.6. The van der Waals surface area contributed by atoms with Crippen LogP contribution in [0.1, 0.15) is 10.5 Å². The number of nitrogens with one attached hydrogen (secondary N) is 2.